The van der Waals surface area contributed by atoms with E-state index in [-0.39, 0.29) is 17.1 Å². The number of rotatable bonds is 2. The van der Waals surface area contributed by atoms with Gasteiger partial charge < -0.3 is 9.84 Å². The highest BCUT2D eigenvalue weighted by Gasteiger charge is 2.27. The Morgan fingerprint density at radius 1 is 1.39 bits per heavy atom. The second-order valence-electron chi connectivity index (χ2n) is 4.27. The third-order valence-corrected chi connectivity index (χ3v) is 3.42. The van der Waals surface area contributed by atoms with Gasteiger partial charge in [0.05, 0.1) is 0 Å². The van der Waals surface area contributed by atoms with Crippen molar-refractivity contribution < 1.29 is 19.4 Å². The van der Waals surface area contributed by atoms with E-state index in [0.717, 1.165) is 12.8 Å². The lowest BCUT2D eigenvalue weighted by molar-refractivity contribution is -0.129. The largest absolute Gasteiger partial charge is 0.507 e. The van der Waals surface area contributed by atoms with Crippen molar-refractivity contribution in [2.45, 2.75) is 31.8 Å². The third-order valence-electron chi connectivity index (χ3n) is 2.93. The van der Waals surface area contributed by atoms with E-state index in [4.69, 9.17) is 4.74 Å². The second kappa shape index (κ2) is 5.52. The average molecular weight is 313 g/mol. The molecule has 0 heterocycles. The summed E-state index contributed by atoms with van der Waals surface area (Å²) in [7, 11) is 0. The molecule has 1 aliphatic rings. The zero-order valence-electron chi connectivity index (χ0n) is 9.69. The molecule has 1 aromatic rings. The number of hydrogen-bond acceptors (Lipinski definition) is 4. The summed E-state index contributed by atoms with van der Waals surface area (Å²) in [4.78, 5) is 23.4. The average Bonchev–Trinajstić information content (AvgIpc) is 2.35. The van der Waals surface area contributed by atoms with Crippen molar-refractivity contribution in [2.75, 3.05) is 0 Å². The minimum Gasteiger partial charge on any atom is -0.507 e. The van der Waals surface area contributed by atoms with Crippen molar-refractivity contribution in [3.63, 3.8) is 0 Å². The maximum atomic E-state index is 11.9. The Balaban J connectivity index is 2.11. The molecule has 0 aromatic heterocycles. The molecular weight excluding hydrogens is 300 g/mol. The second-order valence-corrected chi connectivity index (χ2v) is 5.18. The molecule has 96 valence electrons. The predicted molar refractivity (Wildman–Crippen MR) is 68.5 cm³/mol. The first-order chi connectivity index (χ1) is 8.58. The van der Waals surface area contributed by atoms with Crippen molar-refractivity contribution in [3.05, 3.63) is 28.2 Å². The van der Waals surface area contributed by atoms with Gasteiger partial charge in [0.15, 0.2) is 11.9 Å². The summed E-state index contributed by atoms with van der Waals surface area (Å²) in [6.45, 7) is 0. The van der Waals surface area contributed by atoms with Crippen LogP contribution < -0.4 is 0 Å². The number of phenolic OH excluding ortho intramolecular Hbond substituents is 1. The lowest BCUT2D eigenvalue weighted by Crippen LogP contribution is -2.30. The zero-order valence-corrected chi connectivity index (χ0v) is 11.3. The quantitative estimate of drug-likeness (QED) is 0.853. The van der Waals surface area contributed by atoms with Gasteiger partial charge in [0.2, 0.25) is 0 Å². The number of benzene rings is 1. The number of carbonyl (C=O) groups excluding carboxylic acids is 2. The summed E-state index contributed by atoms with van der Waals surface area (Å²) >= 11 is 3.22. The Labute approximate surface area is 113 Å². The van der Waals surface area contributed by atoms with Crippen LogP contribution in [0.2, 0.25) is 0 Å². The fraction of sp³-hybridized carbons (Fsp3) is 0.385. The fourth-order valence-corrected chi connectivity index (χ4v) is 2.30. The molecule has 0 saturated heterocycles. The van der Waals surface area contributed by atoms with Crippen LogP contribution in [-0.2, 0) is 9.53 Å². The SMILES string of the molecule is O=C(O[C@@H]1CCCCC1=O)c1cc(Br)ccc1O. The summed E-state index contributed by atoms with van der Waals surface area (Å²) in [5.74, 6) is -0.843. The highest BCUT2D eigenvalue weighted by molar-refractivity contribution is 9.10. The number of aromatic hydroxyl groups is 1. The number of ether oxygens (including phenoxy) is 1. The standard InChI is InChI=1S/C13H13BrO4/c14-8-5-6-10(15)9(7-8)13(17)18-12-4-2-1-3-11(12)16/h5-7,12,15H,1-4H2/t12-/m1/s1. The van der Waals surface area contributed by atoms with Crippen LogP contribution >= 0.6 is 15.9 Å². The lowest BCUT2D eigenvalue weighted by Gasteiger charge is -2.20. The van der Waals surface area contributed by atoms with E-state index < -0.39 is 12.1 Å². The fourth-order valence-electron chi connectivity index (χ4n) is 1.94. The predicted octanol–water partition coefficient (Wildman–Crippen LogP) is 2.82. The molecule has 0 spiro atoms. The van der Waals surface area contributed by atoms with Crippen molar-refractivity contribution in [1.29, 1.82) is 0 Å². The monoisotopic (exact) mass is 312 g/mol. The van der Waals surface area contributed by atoms with Gasteiger partial charge in [-0.3, -0.25) is 4.79 Å². The highest BCUT2D eigenvalue weighted by Crippen LogP contribution is 2.25. The number of halogens is 1. The Morgan fingerprint density at radius 3 is 2.89 bits per heavy atom. The topological polar surface area (TPSA) is 63.6 Å². The Bertz CT molecular complexity index is 484. The molecule has 0 aliphatic heterocycles. The minimum atomic E-state index is -0.662. The number of esters is 1. The number of phenols is 1. The van der Waals surface area contributed by atoms with Gasteiger partial charge in [0.1, 0.15) is 11.3 Å². The summed E-state index contributed by atoms with van der Waals surface area (Å²) in [6, 6.07) is 4.51. The number of hydrogen-bond donors (Lipinski definition) is 1. The van der Waals surface area contributed by atoms with Crippen molar-refractivity contribution in [2.24, 2.45) is 0 Å². The van der Waals surface area contributed by atoms with Crippen LogP contribution in [-0.4, -0.2) is 23.0 Å². The molecule has 4 nitrogen and oxygen atoms in total. The van der Waals surface area contributed by atoms with E-state index in [2.05, 4.69) is 15.9 Å². The zero-order chi connectivity index (χ0) is 13.1. The van der Waals surface area contributed by atoms with E-state index in [1.165, 1.54) is 12.1 Å². The van der Waals surface area contributed by atoms with E-state index in [0.29, 0.717) is 17.3 Å². The Kier molecular flexibility index (Phi) is 4.01. The van der Waals surface area contributed by atoms with Gasteiger partial charge in [0, 0.05) is 10.9 Å². The van der Waals surface area contributed by atoms with Crippen LogP contribution in [0.4, 0.5) is 0 Å². The summed E-state index contributed by atoms with van der Waals surface area (Å²) < 4.78 is 5.82. The van der Waals surface area contributed by atoms with Gasteiger partial charge in [-0.15, -0.1) is 0 Å². The summed E-state index contributed by atoms with van der Waals surface area (Å²) in [5.41, 5.74) is 0.0720. The summed E-state index contributed by atoms with van der Waals surface area (Å²) in [6.07, 6.45) is 2.11. The smallest absolute Gasteiger partial charge is 0.342 e. The van der Waals surface area contributed by atoms with Crippen LogP contribution in [0.5, 0.6) is 5.75 Å². The van der Waals surface area contributed by atoms with Gasteiger partial charge >= 0.3 is 5.97 Å². The normalized spacial score (nSPS) is 19.6. The molecule has 1 fully saturated rings. The molecule has 0 radical (unpaired) electrons. The molecule has 2 rings (SSSR count). The first-order valence-corrected chi connectivity index (χ1v) is 6.59. The first kappa shape index (κ1) is 13.1. The maximum absolute atomic E-state index is 11.9. The van der Waals surface area contributed by atoms with Crippen molar-refractivity contribution in [3.8, 4) is 5.75 Å². The number of carbonyl (C=O) groups is 2. The summed E-state index contributed by atoms with van der Waals surface area (Å²) in [5, 5.41) is 9.59. The molecule has 0 unspecified atom stereocenters. The van der Waals surface area contributed by atoms with Crippen molar-refractivity contribution in [1.82, 2.24) is 0 Å². The van der Waals surface area contributed by atoms with Crippen molar-refractivity contribution >= 4 is 27.7 Å². The molecular formula is C13H13BrO4. The van der Waals surface area contributed by atoms with Gasteiger partial charge in [-0.05, 0) is 37.5 Å². The lowest BCUT2D eigenvalue weighted by atomic mass is 9.96. The molecule has 1 saturated carbocycles. The maximum Gasteiger partial charge on any atom is 0.342 e. The van der Waals surface area contributed by atoms with E-state index in [1.807, 2.05) is 0 Å². The number of Topliss-reactive ketones (excluding diaryl/α,β-unsaturated/α-hetero) is 1. The minimum absolute atomic E-state index is 0.0379. The van der Waals surface area contributed by atoms with Crippen LogP contribution in [0.3, 0.4) is 0 Å². The number of ketones is 1. The van der Waals surface area contributed by atoms with Gasteiger partial charge in [0.25, 0.3) is 0 Å². The first-order valence-electron chi connectivity index (χ1n) is 5.80. The molecule has 1 aromatic carbocycles. The molecule has 1 aliphatic carbocycles. The van der Waals surface area contributed by atoms with Crippen LogP contribution in [0.1, 0.15) is 36.0 Å². The third kappa shape index (κ3) is 2.90. The Morgan fingerprint density at radius 2 is 2.17 bits per heavy atom. The van der Waals surface area contributed by atoms with Crippen LogP contribution in [0.15, 0.2) is 22.7 Å². The van der Waals surface area contributed by atoms with Gasteiger partial charge in [-0.1, -0.05) is 15.9 Å². The molecule has 0 amide bonds. The van der Waals surface area contributed by atoms with Gasteiger partial charge in [-0.25, -0.2) is 4.79 Å². The highest BCUT2D eigenvalue weighted by atomic mass is 79.9. The molecule has 0 bridgehead atoms. The van der Waals surface area contributed by atoms with Crippen LogP contribution in [0, 0.1) is 0 Å². The molecule has 18 heavy (non-hydrogen) atoms. The van der Waals surface area contributed by atoms with E-state index >= 15 is 0 Å². The van der Waals surface area contributed by atoms with E-state index in [1.54, 1.807) is 6.07 Å². The molecule has 1 atom stereocenters. The van der Waals surface area contributed by atoms with Gasteiger partial charge in [-0.2, -0.15) is 0 Å². The van der Waals surface area contributed by atoms with Crippen LogP contribution in [0.25, 0.3) is 0 Å². The van der Waals surface area contributed by atoms with E-state index in [9.17, 15) is 14.7 Å². The Hall–Kier alpha value is -1.36. The molecule has 5 heteroatoms. The molecule has 1 N–H and O–H groups in total.